The smallest absolute Gasteiger partial charge is 0.153 e. The number of hydrogen-bond donors (Lipinski definition) is 1. The van der Waals surface area contributed by atoms with Crippen molar-refractivity contribution in [3.63, 3.8) is 0 Å². The standard InChI is InChI=1S/C10H21NO3S/c1-8(2)14-10(7-11)6-4-5-9(10)15(3,12)13/h8-9H,4-7,11H2,1-3H3. The van der Waals surface area contributed by atoms with Crippen molar-refractivity contribution >= 4 is 9.84 Å². The Bertz CT molecular complexity index is 313. The minimum absolute atomic E-state index is 0.0101. The zero-order valence-electron chi connectivity index (χ0n) is 9.69. The minimum Gasteiger partial charge on any atom is -0.370 e. The van der Waals surface area contributed by atoms with Crippen LogP contribution in [0.3, 0.4) is 0 Å². The van der Waals surface area contributed by atoms with E-state index in [1.54, 1.807) is 0 Å². The third-order valence-electron chi connectivity index (χ3n) is 2.99. The van der Waals surface area contributed by atoms with Crippen LogP contribution in [-0.2, 0) is 14.6 Å². The minimum atomic E-state index is -3.07. The van der Waals surface area contributed by atoms with Crippen molar-refractivity contribution in [1.29, 1.82) is 0 Å². The fraction of sp³-hybridized carbons (Fsp3) is 1.00. The van der Waals surface area contributed by atoms with Crippen molar-refractivity contribution in [2.24, 2.45) is 5.73 Å². The molecule has 0 spiro atoms. The van der Waals surface area contributed by atoms with Gasteiger partial charge in [-0.05, 0) is 33.1 Å². The number of ether oxygens (including phenoxy) is 1. The van der Waals surface area contributed by atoms with E-state index in [0.29, 0.717) is 6.42 Å². The van der Waals surface area contributed by atoms with Crippen LogP contribution in [0.1, 0.15) is 33.1 Å². The van der Waals surface area contributed by atoms with Gasteiger partial charge in [0.25, 0.3) is 0 Å². The topological polar surface area (TPSA) is 69.4 Å². The van der Waals surface area contributed by atoms with E-state index in [4.69, 9.17) is 10.5 Å². The maximum atomic E-state index is 11.7. The maximum Gasteiger partial charge on any atom is 0.153 e. The molecule has 2 unspecified atom stereocenters. The van der Waals surface area contributed by atoms with Gasteiger partial charge in [-0.15, -0.1) is 0 Å². The molecule has 1 aliphatic rings. The van der Waals surface area contributed by atoms with E-state index in [1.807, 2.05) is 13.8 Å². The SMILES string of the molecule is CC(C)OC1(CN)CCCC1S(C)(=O)=O. The molecule has 2 atom stereocenters. The molecule has 0 radical (unpaired) electrons. The highest BCUT2D eigenvalue weighted by atomic mass is 32.2. The van der Waals surface area contributed by atoms with Crippen molar-refractivity contribution in [1.82, 2.24) is 0 Å². The van der Waals surface area contributed by atoms with E-state index >= 15 is 0 Å². The van der Waals surface area contributed by atoms with E-state index in [2.05, 4.69) is 0 Å². The van der Waals surface area contributed by atoms with Crippen LogP contribution in [0.15, 0.2) is 0 Å². The fourth-order valence-corrected chi connectivity index (χ4v) is 4.15. The molecule has 90 valence electrons. The van der Waals surface area contributed by atoms with Gasteiger partial charge >= 0.3 is 0 Å². The molecule has 0 aromatic heterocycles. The van der Waals surface area contributed by atoms with Gasteiger partial charge in [0.05, 0.1) is 17.0 Å². The van der Waals surface area contributed by atoms with E-state index in [0.717, 1.165) is 12.8 Å². The van der Waals surface area contributed by atoms with Gasteiger partial charge in [0.1, 0.15) is 0 Å². The van der Waals surface area contributed by atoms with Gasteiger partial charge in [-0.1, -0.05) is 0 Å². The molecule has 0 aromatic rings. The summed E-state index contributed by atoms with van der Waals surface area (Å²) < 4.78 is 29.1. The van der Waals surface area contributed by atoms with Gasteiger partial charge in [0, 0.05) is 12.8 Å². The molecular formula is C10H21NO3S. The van der Waals surface area contributed by atoms with Crippen LogP contribution in [0, 0.1) is 0 Å². The molecule has 1 saturated carbocycles. The van der Waals surface area contributed by atoms with Crippen LogP contribution in [-0.4, -0.2) is 38.2 Å². The van der Waals surface area contributed by atoms with Gasteiger partial charge < -0.3 is 10.5 Å². The molecular weight excluding hydrogens is 214 g/mol. The van der Waals surface area contributed by atoms with Gasteiger partial charge in [-0.3, -0.25) is 0 Å². The van der Waals surface area contributed by atoms with E-state index in [1.165, 1.54) is 6.26 Å². The van der Waals surface area contributed by atoms with Crippen LogP contribution in [0.2, 0.25) is 0 Å². The predicted octanol–water partition coefficient (Wildman–Crippen LogP) is 0.706. The summed E-state index contributed by atoms with van der Waals surface area (Å²) in [7, 11) is -3.07. The molecule has 2 N–H and O–H groups in total. The second-order valence-electron chi connectivity index (χ2n) is 4.65. The van der Waals surface area contributed by atoms with Gasteiger partial charge in [-0.25, -0.2) is 8.42 Å². The third kappa shape index (κ3) is 2.71. The Labute approximate surface area is 92.1 Å². The summed E-state index contributed by atoms with van der Waals surface area (Å²) in [5, 5.41) is -0.433. The first-order valence-corrected chi connectivity index (χ1v) is 7.34. The van der Waals surface area contributed by atoms with Crippen molar-refractivity contribution in [3.8, 4) is 0 Å². The Hall–Kier alpha value is -0.130. The molecule has 0 aliphatic heterocycles. The van der Waals surface area contributed by atoms with E-state index in [-0.39, 0.29) is 12.6 Å². The molecule has 1 aliphatic carbocycles. The first-order valence-electron chi connectivity index (χ1n) is 5.38. The maximum absolute atomic E-state index is 11.7. The Morgan fingerprint density at radius 2 is 2.13 bits per heavy atom. The van der Waals surface area contributed by atoms with E-state index < -0.39 is 20.7 Å². The highest BCUT2D eigenvalue weighted by Gasteiger charge is 2.48. The van der Waals surface area contributed by atoms with Crippen molar-refractivity contribution < 1.29 is 13.2 Å². The Morgan fingerprint density at radius 3 is 2.53 bits per heavy atom. The number of hydrogen-bond acceptors (Lipinski definition) is 4. The largest absolute Gasteiger partial charge is 0.370 e. The molecule has 0 heterocycles. The summed E-state index contributed by atoms with van der Waals surface area (Å²) in [4.78, 5) is 0. The van der Waals surface area contributed by atoms with Crippen LogP contribution in [0.25, 0.3) is 0 Å². The Kier molecular flexibility index (Phi) is 3.79. The molecule has 1 fully saturated rings. The van der Waals surface area contributed by atoms with Crippen LogP contribution in [0.4, 0.5) is 0 Å². The van der Waals surface area contributed by atoms with Crippen molar-refractivity contribution in [2.45, 2.75) is 50.1 Å². The van der Waals surface area contributed by atoms with Crippen LogP contribution < -0.4 is 5.73 Å². The fourth-order valence-electron chi connectivity index (χ4n) is 2.50. The summed E-state index contributed by atoms with van der Waals surface area (Å²) in [5.41, 5.74) is 5.06. The Balaban J connectivity index is 2.96. The molecule has 15 heavy (non-hydrogen) atoms. The summed E-state index contributed by atoms with van der Waals surface area (Å²) in [6.45, 7) is 4.10. The number of rotatable bonds is 4. The molecule has 0 aromatic carbocycles. The molecule has 0 bridgehead atoms. The zero-order chi connectivity index (χ0) is 11.7. The lowest BCUT2D eigenvalue weighted by atomic mass is 10.0. The lowest BCUT2D eigenvalue weighted by Gasteiger charge is -2.35. The molecule has 1 rings (SSSR count). The van der Waals surface area contributed by atoms with Gasteiger partial charge in [-0.2, -0.15) is 0 Å². The summed E-state index contributed by atoms with van der Waals surface area (Å²) in [6.07, 6.45) is 3.58. The lowest BCUT2D eigenvalue weighted by Crippen LogP contribution is -2.51. The van der Waals surface area contributed by atoms with Gasteiger partial charge in [0.2, 0.25) is 0 Å². The molecule has 5 heteroatoms. The highest BCUT2D eigenvalue weighted by Crippen LogP contribution is 2.37. The first-order chi connectivity index (χ1) is 6.82. The summed E-state index contributed by atoms with van der Waals surface area (Å²) in [5.74, 6) is 0. The van der Waals surface area contributed by atoms with Gasteiger partial charge in [0.15, 0.2) is 9.84 Å². The first kappa shape index (κ1) is 12.9. The van der Waals surface area contributed by atoms with Crippen LogP contribution >= 0.6 is 0 Å². The van der Waals surface area contributed by atoms with Crippen molar-refractivity contribution in [3.05, 3.63) is 0 Å². The normalized spacial score (nSPS) is 32.5. The van der Waals surface area contributed by atoms with Crippen LogP contribution in [0.5, 0.6) is 0 Å². The molecule has 0 amide bonds. The Morgan fingerprint density at radius 1 is 1.53 bits per heavy atom. The second kappa shape index (κ2) is 4.39. The monoisotopic (exact) mass is 235 g/mol. The summed E-state index contributed by atoms with van der Waals surface area (Å²) >= 11 is 0. The third-order valence-corrected chi connectivity index (χ3v) is 4.68. The summed E-state index contributed by atoms with van der Waals surface area (Å²) in [6, 6.07) is 0. The number of nitrogens with two attached hydrogens (primary N) is 1. The van der Waals surface area contributed by atoms with Crippen molar-refractivity contribution in [2.75, 3.05) is 12.8 Å². The lowest BCUT2D eigenvalue weighted by molar-refractivity contribution is -0.0668. The molecule has 4 nitrogen and oxygen atoms in total. The van der Waals surface area contributed by atoms with E-state index in [9.17, 15) is 8.42 Å². The average molecular weight is 235 g/mol. The zero-order valence-corrected chi connectivity index (χ0v) is 10.5. The molecule has 0 saturated heterocycles. The quantitative estimate of drug-likeness (QED) is 0.779. The number of sulfone groups is 1. The second-order valence-corrected chi connectivity index (χ2v) is 6.87. The highest BCUT2D eigenvalue weighted by molar-refractivity contribution is 7.91. The predicted molar refractivity (Wildman–Crippen MR) is 60.5 cm³/mol. The average Bonchev–Trinajstić information content (AvgIpc) is 2.47.